The SMILES string of the molecule is O=[N+]([O-])c1cc(Cl)ccc1NC1CCOCC1. The molecule has 0 spiro atoms. The fourth-order valence-electron chi connectivity index (χ4n) is 1.84. The summed E-state index contributed by atoms with van der Waals surface area (Å²) in [6.45, 7) is 1.39. The van der Waals surface area contributed by atoms with Crippen molar-refractivity contribution in [1.29, 1.82) is 0 Å². The van der Waals surface area contributed by atoms with Crippen molar-refractivity contribution in [3.05, 3.63) is 33.3 Å². The van der Waals surface area contributed by atoms with E-state index in [2.05, 4.69) is 5.32 Å². The van der Waals surface area contributed by atoms with Gasteiger partial charge >= 0.3 is 0 Å². The predicted octanol–water partition coefficient (Wildman–Crippen LogP) is 2.84. The van der Waals surface area contributed by atoms with Crippen molar-refractivity contribution in [2.45, 2.75) is 18.9 Å². The van der Waals surface area contributed by atoms with Crippen LogP contribution in [0.1, 0.15) is 12.8 Å². The molecule has 0 radical (unpaired) electrons. The molecule has 1 fully saturated rings. The summed E-state index contributed by atoms with van der Waals surface area (Å²) in [7, 11) is 0. The first-order valence-electron chi connectivity index (χ1n) is 5.45. The Labute approximate surface area is 104 Å². The van der Waals surface area contributed by atoms with Gasteiger partial charge in [0.05, 0.1) is 4.92 Å². The lowest BCUT2D eigenvalue weighted by Crippen LogP contribution is -2.28. The Bertz CT molecular complexity index is 419. The van der Waals surface area contributed by atoms with Crippen molar-refractivity contribution in [3.63, 3.8) is 0 Å². The molecule has 1 aliphatic heterocycles. The smallest absolute Gasteiger partial charge is 0.293 e. The van der Waals surface area contributed by atoms with Crippen molar-refractivity contribution in [2.75, 3.05) is 18.5 Å². The summed E-state index contributed by atoms with van der Waals surface area (Å²) < 4.78 is 5.24. The highest BCUT2D eigenvalue weighted by molar-refractivity contribution is 6.30. The summed E-state index contributed by atoms with van der Waals surface area (Å²) in [6, 6.07) is 4.89. The second-order valence-corrected chi connectivity index (χ2v) is 4.39. The topological polar surface area (TPSA) is 64.4 Å². The Morgan fingerprint density at radius 2 is 2.12 bits per heavy atom. The minimum absolute atomic E-state index is 0.0176. The van der Waals surface area contributed by atoms with Gasteiger partial charge in [-0.05, 0) is 25.0 Å². The maximum Gasteiger partial charge on any atom is 0.293 e. The molecule has 1 saturated heterocycles. The van der Waals surface area contributed by atoms with Gasteiger partial charge in [0.1, 0.15) is 5.69 Å². The fraction of sp³-hybridized carbons (Fsp3) is 0.455. The highest BCUT2D eigenvalue weighted by Gasteiger charge is 2.19. The normalized spacial score (nSPS) is 16.8. The first kappa shape index (κ1) is 12.1. The first-order chi connectivity index (χ1) is 8.16. The Hall–Kier alpha value is -1.33. The molecule has 1 aliphatic rings. The fourth-order valence-corrected chi connectivity index (χ4v) is 2.01. The number of benzene rings is 1. The third-order valence-electron chi connectivity index (χ3n) is 2.74. The number of nitrogens with zero attached hydrogens (tertiary/aromatic N) is 1. The molecule has 5 nitrogen and oxygen atoms in total. The van der Waals surface area contributed by atoms with Gasteiger partial charge in [0.2, 0.25) is 0 Å². The zero-order chi connectivity index (χ0) is 12.3. The first-order valence-corrected chi connectivity index (χ1v) is 5.83. The van der Waals surface area contributed by atoms with Gasteiger partial charge in [0.15, 0.2) is 0 Å². The lowest BCUT2D eigenvalue weighted by atomic mass is 10.1. The molecule has 0 unspecified atom stereocenters. The van der Waals surface area contributed by atoms with Gasteiger partial charge in [-0.15, -0.1) is 0 Å². The lowest BCUT2D eigenvalue weighted by Gasteiger charge is -2.23. The number of hydrogen-bond acceptors (Lipinski definition) is 4. The van der Waals surface area contributed by atoms with Crippen LogP contribution in [0, 0.1) is 10.1 Å². The lowest BCUT2D eigenvalue weighted by molar-refractivity contribution is -0.384. The van der Waals surface area contributed by atoms with E-state index in [0.29, 0.717) is 23.9 Å². The van der Waals surface area contributed by atoms with E-state index in [-0.39, 0.29) is 11.7 Å². The van der Waals surface area contributed by atoms with Crippen LogP contribution in [0.25, 0.3) is 0 Å². The largest absolute Gasteiger partial charge is 0.381 e. The summed E-state index contributed by atoms with van der Waals surface area (Å²) in [5, 5.41) is 14.4. The summed E-state index contributed by atoms with van der Waals surface area (Å²) in [5.41, 5.74) is 0.537. The molecule has 0 saturated carbocycles. The quantitative estimate of drug-likeness (QED) is 0.667. The molecular weight excluding hydrogens is 244 g/mol. The second kappa shape index (κ2) is 5.33. The van der Waals surface area contributed by atoms with Crippen LogP contribution in [0.5, 0.6) is 0 Å². The minimum Gasteiger partial charge on any atom is -0.381 e. The van der Waals surface area contributed by atoms with Crippen LogP contribution in [0.4, 0.5) is 11.4 Å². The molecular formula is C11H13ClN2O3. The molecule has 0 atom stereocenters. The number of hydrogen-bond donors (Lipinski definition) is 1. The highest BCUT2D eigenvalue weighted by atomic mass is 35.5. The van der Waals surface area contributed by atoms with Crippen LogP contribution in [0.15, 0.2) is 18.2 Å². The average molecular weight is 257 g/mol. The standard InChI is InChI=1S/C11H13ClN2O3/c12-8-1-2-10(11(7-8)14(15)16)13-9-3-5-17-6-4-9/h1-2,7,9,13H,3-6H2. The number of nitro groups is 1. The van der Waals surface area contributed by atoms with Gasteiger partial charge in [0, 0.05) is 30.3 Å². The molecule has 2 rings (SSSR count). The molecule has 17 heavy (non-hydrogen) atoms. The van der Waals surface area contributed by atoms with Crippen LogP contribution in [-0.4, -0.2) is 24.2 Å². The summed E-state index contributed by atoms with van der Waals surface area (Å²) in [5.74, 6) is 0. The summed E-state index contributed by atoms with van der Waals surface area (Å²) >= 11 is 5.75. The van der Waals surface area contributed by atoms with Crippen LogP contribution < -0.4 is 5.32 Å². The van der Waals surface area contributed by atoms with E-state index in [4.69, 9.17) is 16.3 Å². The van der Waals surface area contributed by atoms with Crippen LogP contribution in [0.2, 0.25) is 5.02 Å². The highest BCUT2D eigenvalue weighted by Crippen LogP contribution is 2.29. The van der Waals surface area contributed by atoms with Crippen LogP contribution in [0.3, 0.4) is 0 Å². The minimum atomic E-state index is -0.423. The Morgan fingerprint density at radius 3 is 2.76 bits per heavy atom. The van der Waals surface area contributed by atoms with E-state index in [1.54, 1.807) is 12.1 Å². The molecule has 0 aromatic heterocycles. The molecule has 1 heterocycles. The number of nitro benzene ring substituents is 1. The molecule has 1 aromatic rings. The number of ether oxygens (including phenoxy) is 1. The van der Waals surface area contributed by atoms with Crippen molar-refractivity contribution >= 4 is 23.0 Å². The summed E-state index contributed by atoms with van der Waals surface area (Å²) in [4.78, 5) is 10.5. The van der Waals surface area contributed by atoms with E-state index in [1.807, 2.05) is 0 Å². The average Bonchev–Trinajstić information content (AvgIpc) is 2.32. The van der Waals surface area contributed by atoms with Gasteiger partial charge in [-0.1, -0.05) is 11.6 Å². The third kappa shape index (κ3) is 3.08. The number of anilines is 1. The molecule has 0 bridgehead atoms. The maximum atomic E-state index is 10.9. The maximum absolute atomic E-state index is 10.9. The second-order valence-electron chi connectivity index (χ2n) is 3.95. The van der Waals surface area contributed by atoms with Crippen LogP contribution >= 0.6 is 11.6 Å². The molecule has 1 aromatic carbocycles. The third-order valence-corrected chi connectivity index (χ3v) is 2.97. The molecule has 1 N–H and O–H groups in total. The van der Waals surface area contributed by atoms with E-state index < -0.39 is 4.92 Å². The van der Waals surface area contributed by atoms with Crippen molar-refractivity contribution in [2.24, 2.45) is 0 Å². The van der Waals surface area contributed by atoms with Gasteiger partial charge in [-0.25, -0.2) is 0 Å². The molecule has 0 amide bonds. The zero-order valence-corrected chi connectivity index (χ0v) is 9.94. The van der Waals surface area contributed by atoms with Crippen molar-refractivity contribution < 1.29 is 9.66 Å². The van der Waals surface area contributed by atoms with E-state index in [0.717, 1.165) is 12.8 Å². The zero-order valence-electron chi connectivity index (χ0n) is 9.19. The van der Waals surface area contributed by atoms with Gasteiger partial charge in [-0.2, -0.15) is 0 Å². The Balaban J connectivity index is 2.16. The molecule has 0 aliphatic carbocycles. The Morgan fingerprint density at radius 1 is 1.41 bits per heavy atom. The predicted molar refractivity (Wildman–Crippen MR) is 65.6 cm³/mol. The van der Waals surface area contributed by atoms with Crippen molar-refractivity contribution in [3.8, 4) is 0 Å². The number of rotatable bonds is 3. The van der Waals surface area contributed by atoms with E-state index in [9.17, 15) is 10.1 Å². The molecule has 92 valence electrons. The van der Waals surface area contributed by atoms with E-state index >= 15 is 0 Å². The summed E-state index contributed by atoms with van der Waals surface area (Å²) in [6.07, 6.45) is 1.72. The van der Waals surface area contributed by atoms with Gasteiger partial charge < -0.3 is 10.1 Å². The van der Waals surface area contributed by atoms with Gasteiger partial charge in [-0.3, -0.25) is 10.1 Å². The van der Waals surface area contributed by atoms with Crippen molar-refractivity contribution in [1.82, 2.24) is 0 Å². The van der Waals surface area contributed by atoms with E-state index in [1.165, 1.54) is 6.07 Å². The Kier molecular flexibility index (Phi) is 3.81. The number of halogens is 1. The van der Waals surface area contributed by atoms with Crippen LogP contribution in [-0.2, 0) is 4.74 Å². The van der Waals surface area contributed by atoms with Gasteiger partial charge in [0.25, 0.3) is 5.69 Å². The monoisotopic (exact) mass is 256 g/mol. The molecule has 6 heteroatoms. The number of nitrogens with one attached hydrogen (secondary N) is 1.